The second-order valence-electron chi connectivity index (χ2n) is 4.75. The maximum Gasteiger partial charge on any atom is 0.255 e. The number of nitrogens with one attached hydrogen (secondary N) is 1. The Kier molecular flexibility index (Phi) is 4.55. The van der Waals surface area contributed by atoms with Crippen molar-refractivity contribution in [2.75, 3.05) is 0 Å². The summed E-state index contributed by atoms with van der Waals surface area (Å²) in [4.78, 5) is 12.0. The van der Waals surface area contributed by atoms with E-state index >= 15 is 0 Å². The molecule has 3 heteroatoms. The van der Waals surface area contributed by atoms with Crippen LogP contribution in [0.3, 0.4) is 0 Å². The summed E-state index contributed by atoms with van der Waals surface area (Å²) in [6.45, 7) is 8.09. The highest BCUT2D eigenvalue weighted by Crippen LogP contribution is 2.18. The smallest absolute Gasteiger partial charge is 0.255 e. The number of carbonyl (C=O) groups is 1. The predicted octanol–water partition coefficient (Wildman–Crippen LogP) is 2.87. The SMILES string of the molecule is CCC(NC(=O)c1cc(C)ccc1O)C(C)C. The Hall–Kier alpha value is -1.51. The minimum absolute atomic E-state index is 0.0340. The first kappa shape index (κ1) is 13.6. The summed E-state index contributed by atoms with van der Waals surface area (Å²) in [5.74, 6) is 0.217. The quantitative estimate of drug-likeness (QED) is 0.843. The Balaban J connectivity index is 2.86. The topological polar surface area (TPSA) is 49.3 Å². The van der Waals surface area contributed by atoms with Crippen molar-refractivity contribution in [3.8, 4) is 5.75 Å². The van der Waals surface area contributed by atoms with Gasteiger partial charge < -0.3 is 10.4 Å². The summed E-state index contributed by atoms with van der Waals surface area (Å²) < 4.78 is 0. The summed E-state index contributed by atoms with van der Waals surface area (Å²) in [7, 11) is 0. The van der Waals surface area contributed by atoms with Gasteiger partial charge in [0.15, 0.2) is 0 Å². The van der Waals surface area contributed by atoms with E-state index < -0.39 is 0 Å². The fraction of sp³-hybridized carbons (Fsp3) is 0.500. The summed E-state index contributed by atoms with van der Waals surface area (Å²) in [5, 5.41) is 12.6. The molecule has 0 aliphatic carbocycles. The number of amides is 1. The molecule has 1 aromatic carbocycles. The van der Waals surface area contributed by atoms with Gasteiger partial charge in [0.25, 0.3) is 5.91 Å². The molecule has 1 amide bonds. The van der Waals surface area contributed by atoms with Gasteiger partial charge in [-0.1, -0.05) is 32.4 Å². The van der Waals surface area contributed by atoms with E-state index in [4.69, 9.17) is 0 Å². The van der Waals surface area contributed by atoms with Crippen LogP contribution in [-0.2, 0) is 0 Å². The number of carbonyl (C=O) groups excluding carboxylic acids is 1. The maximum atomic E-state index is 12.0. The minimum Gasteiger partial charge on any atom is -0.507 e. The van der Waals surface area contributed by atoms with E-state index in [0.717, 1.165) is 12.0 Å². The first-order valence-electron chi connectivity index (χ1n) is 6.06. The third-order valence-corrected chi connectivity index (χ3v) is 2.96. The molecule has 0 radical (unpaired) electrons. The van der Waals surface area contributed by atoms with Crippen molar-refractivity contribution < 1.29 is 9.90 Å². The molecular weight excluding hydrogens is 214 g/mol. The largest absolute Gasteiger partial charge is 0.507 e. The van der Waals surface area contributed by atoms with Crippen LogP contribution in [0.2, 0.25) is 0 Å². The lowest BCUT2D eigenvalue weighted by Crippen LogP contribution is -2.38. The van der Waals surface area contributed by atoms with Crippen LogP contribution in [0.4, 0.5) is 0 Å². The molecule has 0 saturated carbocycles. The van der Waals surface area contributed by atoms with E-state index in [1.807, 2.05) is 13.8 Å². The Morgan fingerprint density at radius 1 is 1.41 bits per heavy atom. The molecule has 1 unspecified atom stereocenters. The van der Waals surface area contributed by atoms with Crippen LogP contribution in [0, 0.1) is 12.8 Å². The molecule has 0 fully saturated rings. The van der Waals surface area contributed by atoms with Crippen LogP contribution in [0.1, 0.15) is 43.1 Å². The molecule has 0 bridgehead atoms. The van der Waals surface area contributed by atoms with Gasteiger partial charge in [-0.05, 0) is 31.4 Å². The average Bonchev–Trinajstić information content (AvgIpc) is 2.28. The number of phenols is 1. The highest BCUT2D eigenvalue weighted by atomic mass is 16.3. The number of hydrogen-bond donors (Lipinski definition) is 2. The lowest BCUT2D eigenvalue weighted by Gasteiger charge is -2.21. The van der Waals surface area contributed by atoms with E-state index in [2.05, 4.69) is 19.2 Å². The molecule has 3 nitrogen and oxygen atoms in total. The molecule has 94 valence electrons. The number of benzene rings is 1. The molecule has 0 aromatic heterocycles. The first-order chi connectivity index (χ1) is 7.95. The molecule has 0 heterocycles. The van der Waals surface area contributed by atoms with Gasteiger partial charge in [-0.15, -0.1) is 0 Å². The van der Waals surface area contributed by atoms with E-state index in [1.54, 1.807) is 18.2 Å². The van der Waals surface area contributed by atoms with Crippen LogP contribution in [-0.4, -0.2) is 17.1 Å². The highest BCUT2D eigenvalue weighted by molar-refractivity contribution is 5.97. The standard InChI is InChI=1S/C14H21NO2/c1-5-12(9(2)3)15-14(17)11-8-10(4)6-7-13(11)16/h6-9,12,16H,5H2,1-4H3,(H,15,17). The van der Waals surface area contributed by atoms with Crippen LogP contribution >= 0.6 is 0 Å². The van der Waals surface area contributed by atoms with Crippen LogP contribution in [0.15, 0.2) is 18.2 Å². The number of hydrogen-bond acceptors (Lipinski definition) is 2. The van der Waals surface area contributed by atoms with Crippen LogP contribution < -0.4 is 5.32 Å². The number of rotatable bonds is 4. The second kappa shape index (κ2) is 5.71. The van der Waals surface area contributed by atoms with Crippen molar-refractivity contribution in [1.82, 2.24) is 5.32 Å². The average molecular weight is 235 g/mol. The Morgan fingerprint density at radius 3 is 2.59 bits per heavy atom. The fourth-order valence-corrected chi connectivity index (χ4v) is 1.82. The molecule has 1 rings (SSSR count). The Bertz CT molecular complexity index is 399. The monoisotopic (exact) mass is 235 g/mol. The molecular formula is C14H21NO2. The number of phenolic OH excluding ortho intramolecular Hbond substituents is 1. The summed E-state index contributed by atoms with van der Waals surface area (Å²) in [6.07, 6.45) is 0.885. The molecule has 1 atom stereocenters. The van der Waals surface area contributed by atoms with Gasteiger partial charge >= 0.3 is 0 Å². The lowest BCUT2D eigenvalue weighted by atomic mass is 10.0. The minimum atomic E-state index is -0.202. The zero-order valence-electron chi connectivity index (χ0n) is 10.9. The van der Waals surface area contributed by atoms with Gasteiger partial charge in [-0.25, -0.2) is 0 Å². The zero-order chi connectivity index (χ0) is 13.0. The summed E-state index contributed by atoms with van der Waals surface area (Å²) in [6, 6.07) is 5.19. The van der Waals surface area contributed by atoms with Gasteiger partial charge in [0, 0.05) is 6.04 Å². The zero-order valence-corrected chi connectivity index (χ0v) is 10.9. The first-order valence-corrected chi connectivity index (χ1v) is 6.06. The summed E-state index contributed by atoms with van der Waals surface area (Å²) in [5.41, 5.74) is 1.31. The maximum absolute atomic E-state index is 12.0. The van der Waals surface area contributed by atoms with Crippen molar-refractivity contribution in [3.05, 3.63) is 29.3 Å². The molecule has 0 saturated heterocycles. The third-order valence-electron chi connectivity index (χ3n) is 2.96. The van der Waals surface area contributed by atoms with Crippen LogP contribution in [0.5, 0.6) is 5.75 Å². The Labute approximate surface area is 103 Å². The molecule has 0 aliphatic heterocycles. The highest BCUT2D eigenvalue weighted by Gasteiger charge is 2.17. The fourth-order valence-electron chi connectivity index (χ4n) is 1.82. The van der Waals surface area contributed by atoms with E-state index in [-0.39, 0.29) is 17.7 Å². The van der Waals surface area contributed by atoms with E-state index in [9.17, 15) is 9.90 Å². The van der Waals surface area contributed by atoms with Crippen molar-refractivity contribution in [2.45, 2.75) is 40.2 Å². The predicted molar refractivity (Wildman–Crippen MR) is 69.2 cm³/mol. The van der Waals surface area contributed by atoms with Crippen LogP contribution in [0.25, 0.3) is 0 Å². The summed E-state index contributed by atoms with van der Waals surface area (Å²) >= 11 is 0. The Morgan fingerprint density at radius 2 is 2.06 bits per heavy atom. The normalized spacial score (nSPS) is 12.5. The molecule has 0 spiro atoms. The van der Waals surface area contributed by atoms with Gasteiger partial charge in [-0.2, -0.15) is 0 Å². The number of aryl methyl sites for hydroxylation is 1. The molecule has 2 N–H and O–H groups in total. The van der Waals surface area contributed by atoms with Crippen molar-refractivity contribution in [1.29, 1.82) is 0 Å². The third kappa shape index (κ3) is 3.48. The molecule has 1 aromatic rings. The lowest BCUT2D eigenvalue weighted by molar-refractivity contribution is 0.0922. The van der Waals surface area contributed by atoms with Gasteiger partial charge in [0.2, 0.25) is 0 Å². The number of aromatic hydroxyl groups is 1. The second-order valence-corrected chi connectivity index (χ2v) is 4.75. The van der Waals surface area contributed by atoms with Gasteiger partial charge in [0.1, 0.15) is 5.75 Å². The van der Waals surface area contributed by atoms with Crippen molar-refractivity contribution in [2.24, 2.45) is 5.92 Å². The molecule has 0 aliphatic rings. The van der Waals surface area contributed by atoms with E-state index in [0.29, 0.717) is 11.5 Å². The van der Waals surface area contributed by atoms with Crippen molar-refractivity contribution >= 4 is 5.91 Å². The van der Waals surface area contributed by atoms with Crippen molar-refractivity contribution in [3.63, 3.8) is 0 Å². The molecule has 17 heavy (non-hydrogen) atoms. The van der Waals surface area contributed by atoms with E-state index in [1.165, 1.54) is 0 Å². The van der Waals surface area contributed by atoms with Gasteiger partial charge in [-0.3, -0.25) is 4.79 Å². The van der Waals surface area contributed by atoms with Gasteiger partial charge in [0.05, 0.1) is 5.56 Å².